The first-order valence-electron chi connectivity index (χ1n) is 8.14. The van der Waals surface area contributed by atoms with E-state index in [1.807, 2.05) is 12.1 Å². The van der Waals surface area contributed by atoms with Crippen molar-refractivity contribution in [3.8, 4) is 11.5 Å². The average molecular weight is 372 g/mol. The molecule has 8 heteroatoms. The Hall–Kier alpha value is -2.93. The summed E-state index contributed by atoms with van der Waals surface area (Å²) in [7, 11) is 0. The van der Waals surface area contributed by atoms with Gasteiger partial charge in [0.15, 0.2) is 0 Å². The number of alkyl halides is 1. The van der Waals surface area contributed by atoms with Crippen LogP contribution >= 0.6 is 11.6 Å². The second kappa shape index (κ2) is 7.97. The van der Waals surface area contributed by atoms with Crippen LogP contribution in [0.5, 0.6) is 0 Å². The van der Waals surface area contributed by atoms with Crippen LogP contribution in [-0.4, -0.2) is 31.6 Å². The van der Waals surface area contributed by atoms with Crippen molar-refractivity contribution in [3.05, 3.63) is 49.1 Å². The number of rotatable bonds is 7. The predicted octanol–water partition coefficient (Wildman–Crippen LogP) is 3.66. The lowest BCUT2D eigenvalue weighted by molar-refractivity contribution is -0.116. The van der Waals surface area contributed by atoms with Crippen LogP contribution in [-0.2, 0) is 4.79 Å². The molecule has 0 aliphatic carbocycles. The summed E-state index contributed by atoms with van der Waals surface area (Å²) in [6.45, 7) is 5.51. The lowest BCUT2D eigenvalue weighted by atomic mass is 9.97. The molecule has 0 saturated heterocycles. The van der Waals surface area contributed by atoms with E-state index in [1.165, 1.54) is 12.5 Å². The maximum absolute atomic E-state index is 11.5. The summed E-state index contributed by atoms with van der Waals surface area (Å²) in [6, 6.07) is 1.91. The summed E-state index contributed by atoms with van der Waals surface area (Å²) in [5.41, 5.74) is 2.76. The Morgan fingerprint density at radius 1 is 1.54 bits per heavy atom. The van der Waals surface area contributed by atoms with Gasteiger partial charge in [0, 0.05) is 17.8 Å². The lowest BCUT2D eigenvalue weighted by Gasteiger charge is -2.12. The van der Waals surface area contributed by atoms with E-state index in [1.54, 1.807) is 12.4 Å². The fourth-order valence-electron chi connectivity index (χ4n) is 2.77. The number of nitrogens with zero attached hydrogens (tertiary/aromatic N) is 3. The smallest absolute Gasteiger partial charge is 0.249 e. The molecular weight excluding hydrogens is 354 g/mol. The number of hydrogen-bond donors (Lipinski definition) is 2. The number of aromatic amines is 1. The van der Waals surface area contributed by atoms with Crippen LogP contribution in [0.1, 0.15) is 25.3 Å². The molecule has 2 N–H and O–H groups in total. The first-order chi connectivity index (χ1) is 12.6. The molecule has 0 aliphatic rings. The van der Waals surface area contributed by atoms with Crippen molar-refractivity contribution in [3.63, 3.8) is 0 Å². The summed E-state index contributed by atoms with van der Waals surface area (Å²) in [5.74, 6) is 0.0777. The van der Waals surface area contributed by atoms with Gasteiger partial charge >= 0.3 is 0 Å². The number of pyridine rings is 1. The fraction of sp³-hybridized carbons (Fsp3) is 0.222. The van der Waals surface area contributed by atoms with Crippen LogP contribution in [0.3, 0.4) is 0 Å². The molecule has 0 fully saturated rings. The van der Waals surface area contributed by atoms with Crippen LogP contribution in [0.4, 0.5) is 0 Å². The van der Waals surface area contributed by atoms with E-state index >= 15 is 0 Å². The molecule has 3 aromatic heterocycles. The Morgan fingerprint density at radius 2 is 2.38 bits per heavy atom. The van der Waals surface area contributed by atoms with E-state index < -0.39 is 5.50 Å². The number of amides is 1. The third kappa shape index (κ3) is 3.67. The summed E-state index contributed by atoms with van der Waals surface area (Å²) in [5, 5.41) is 11.2. The third-order valence-corrected chi connectivity index (χ3v) is 4.08. The number of carbonyl (C=O) groups excluding carboxylic acids is 1. The van der Waals surface area contributed by atoms with Crippen LogP contribution in [0.15, 0.2) is 48.0 Å². The van der Waals surface area contributed by atoms with Crippen LogP contribution in [0.25, 0.3) is 28.1 Å². The number of nitrogens with one attached hydrogen (secondary N) is 2. The first kappa shape index (κ1) is 17.9. The molecule has 7 nitrogen and oxygen atoms in total. The van der Waals surface area contributed by atoms with Gasteiger partial charge in [0.1, 0.15) is 11.1 Å². The molecule has 3 heterocycles. The fourth-order valence-corrected chi connectivity index (χ4v) is 3.03. The molecule has 1 atom stereocenters. The summed E-state index contributed by atoms with van der Waals surface area (Å²) >= 11 is 6.28. The number of aromatic nitrogens is 4. The number of halogens is 1. The van der Waals surface area contributed by atoms with Gasteiger partial charge in [-0.2, -0.15) is 0 Å². The van der Waals surface area contributed by atoms with Gasteiger partial charge < -0.3 is 14.7 Å². The molecule has 26 heavy (non-hydrogen) atoms. The maximum Gasteiger partial charge on any atom is 0.249 e. The summed E-state index contributed by atoms with van der Waals surface area (Å²) in [4.78, 5) is 19.0. The number of H-pyrrole nitrogens is 1. The van der Waals surface area contributed by atoms with Crippen LogP contribution in [0.2, 0.25) is 0 Å². The van der Waals surface area contributed by atoms with Gasteiger partial charge in [-0.3, -0.25) is 4.79 Å². The molecule has 0 bridgehead atoms. The predicted molar refractivity (Wildman–Crippen MR) is 100 cm³/mol. The Labute approximate surface area is 155 Å². The van der Waals surface area contributed by atoms with Gasteiger partial charge in [-0.05, 0) is 35.8 Å². The molecule has 0 aromatic carbocycles. The van der Waals surface area contributed by atoms with E-state index in [2.05, 4.69) is 39.0 Å². The normalized spacial score (nSPS) is 12.9. The highest BCUT2D eigenvalue weighted by Gasteiger charge is 2.17. The summed E-state index contributed by atoms with van der Waals surface area (Å²) in [6.07, 6.45) is 9.50. The first-order valence-corrected chi connectivity index (χ1v) is 8.58. The number of fused-ring (bicyclic) bond motifs is 1. The minimum atomic E-state index is -0.656. The molecule has 0 spiro atoms. The zero-order valence-electron chi connectivity index (χ0n) is 14.2. The monoisotopic (exact) mass is 371 g/mol. The van der Waals surface area contributed by atoms with Gasteiger partial charge in [0.05, 0.1) is 5.56 Å². The van der Waals surface area contributed by atoms with Gasteiger partial charge in [0.25, 0.3) is 0 Å². The van der Waals surface area contributed by atoms with E-state index in [-0.39, 0.29) is 5.91 Å². The molecule has 1 unspecified atom stereocenters. The largest absolute Gasteiger partial charge is 0.423 e. The Morgan fingerprint density at radius 3 is 3.08 bits per heavy atom. The Bertz CT molecular complexity index is 946. The van der Waals surface area contributed by atoms with E-state index in [0.717, 1.165) is 34.9 Å². The number of hydrogen-bond acceptors (Lipinski definition) is 5. The Balaban J connectivity index is 2.09. The molecule has 0 radical (unpaired) electrons. The van der Waals surface area contributed by atoms with Crippen molar-refractivity contribution in [1.29, 1.82) is 0 Å². The van der Waals surface area contributed by atoms with E-state index in [9.17, 15) is 4.79 Å². The topological polar surface area (TPSA) is 96.7 Å². The third-order valence-electron chi connectivity index (χ3n) is 3.84. The van der Waals surface area contributed by atoms with Crippen LogP contribution in [0, 0.1) is 0 Å². The van der Waals surface area contributed by atoms with Crippen molar-refractivity contribution in [2.24, 2.45) is 0 Å². The van der Waals surface area contributed by atoms with Crippen LogP contribution < -0.4 is 5.32 Å². The number of carbonyl (C=O) groups is 1. The number of allylic oxidation sites excluding steroid dienone is 1. The van der Waals surface area contributed by atoms with Crippen molar-refractivity contribution in [2.75, 3.05) is 0 Å². The molecule has 134 valence electrons. The molecule has 0 saturated carbocycles. The van der Waals surface area contributed by atoms with Crippen molar-refractivity contribution in [2.45, 2.75) is 25.3 Å². The minimum absolute atomic E-state index is 0.329. The summed E-state index contributed by atoms with van der Waals surface area (Å²) < 4.78 is 5.35. The molecule has 0 aliphatic heterocycles. The minimum Gasteiger partial charge on any atom is -0.423 e. The highest BCUT2D eigenvalue weighted by Crippen LogP contribution is 2.34. The molecule has 3 aromatic rings. The highest BCUT2D eigenvalue weighted by molar-refractivity contribution is 6.23. The van der Waals surface area contributed by atoms with E-state index in [4.69, 9.17) is 16.0 Å². The van der Waals surface area contributed by atoms with Crippen molar-refractivity contribution in [1.82, 2.24) is 25.5 Å². The second-order valence-electron chi connectivity index (χ2n) is 5.58. The Kier molecular flexibility index (Phi) is 5.48. The highest BCUT2D eigenvalue weighted by atomic mass is 35.5. The van der Waals surface area contributed by atoms with Gasteiger partial charge in [-0.25, -0.2) is 4.98 Å². The van der Waals surface area contributed by atoms with E-state index in [0.29, 0.717) is 11.5 Å². The average Bonchev–Trinajstić information content (AvgIpc) is 3.30. The maximum atomic E-state index is 11.5. The molecule has 1 amide bonds. The molecular formula is C18H18ClN5O2. The van der Waals surface area contributed by atoms with Crippen molar-refractivity contribution >= 4 is 34.1 Å². The quantitative estimate of drug-likeness (QED) is 0.375. The second-order valence-corrected chi connectivity index (χ2v) is 6.05. The SMILES string of the molecule is C=CC(=O)NC(Cl)C=C(CCC)c1ccnc2[nH]cc(-c3nnco3)c12. The lowest BCUT2D eigenvalue weighted by Crippen LogP contribution is -2.27. The molecule has 3 rings (SSSR count). The van der Waals surface area contributed by atoms with Gasteiger partial charge in [-0.1, -0.05) is 31.5 Å². The standard InChI is InChI=1S/C18H18ClN5O2/c1-3-5-11(8-14(19)23-15(25)4-2)12-6-7-20-17-16(12)13(9-21-17)18-24-22-10-26-18/h4,6-10,14H,2-3,5H2,1H3,(H,20,21)(H,23,25). The zero-order chi connectivity index (χ0) is 18.5. The van der Waals surface area contributed by atoms with Gasteiger partial charge in [0.2, 0.25) is 18.2 Å². The van der Waals surface area contributed by atoms with Gasteiger partial charge in [-0.15, -0.1) is 10.2 Å². The zero-order valence-corrected chi connectivity index (χ0v) is 15.0. The van der Waals surface area contributed by atoms with Crippen molar-refractivity contribution < 1.29 is 9.21 Å².